The molecule has 0 aliphatic carbocycles. The number of aromatic hydroxyl groups is 9. The fraction of sp³-hybridized carbons (Fsp3) is 0.200. The molecule has 9 rings (SSSR count). The SMILES string of the molecule is Oc1ccc([C@H]2Oc3c(c(O)cc(O)c3[C@H]3c4c(O)cc(O)cc4O[C@@H](c4ccc(O)cc4)[C@H]3O)[C@@H](c3c(O)cc(O)c4c3O[C@@H](c3ccc(O)cc3)[C@@H](O)[C@@H]4O)[C@H]2O)cc1. The lowest BCUT2D eigenvalue weighted by Crippen LogP contribution is -2.39. The molecule has 0 amide bonds. The average molecular weight is 835 g/mol. The third kappa shape index (κ3) is 6.31. The van der Waals surface area contributed by atoms with E-state index in [1.807, 2.05) is 0 Å². The van der Waals surface area contributed by atoms with E-state index in [1.165, 1.54) is 78.9 Å². The number of hydrogen-bond acceptors (Lipinski definition) is 16. The predicted octanol–water partition coefficient (Wildman–Crippen LogP) is 4.82. The van der Waals surface area contributed by atoms with E-state index in [4.69, 9.17) is 14.2 Å². The molecule has 9 atom stereocenters. The molecule has 0 aromatic heterocycles. The van der Waals surface area contributed by atoms with Gasteiger partial charge in [-0.3, -0.25) is 0 Å². The maximum absolute atomic E-state index is 12.5. The van der Waals surface area contributed by atoms with Crippen LogP contribution in [0.15, 0.2) is 97.1 Å². The van der Waals surface area contributed by atoms with E-state index in [0.29, 0.717) is 5.56 Å². The molecular weight excluding hydrogens is 796 g/mol. The minimum atomic E-state index is -1.86. The van der Waals surface area contributed by atoms with Gasteiger partial charge in [-0.05, 0) is 53.1 Å². The lowest BCUT2D eigenvalue weighted by molar-refractivity contribution is -0.0722. The van der Waals surface area contributed by atoms with Gasteiger partial charge in [-0.1, -0.05) is 36.4 Å². The molecule has 3 aliphatic heterocycles. The summed E-state index contributed by atoms with van der Waals surface area (Å²) in [5.41, 5.74) is -0.586. The van der Waals surface area contributed by atoms with Crippen LogP contribution < -0.4 is 14.2 Å². The molecule has 0 saturated carbocycles. The highest BCUT2D eigenvalue weighted by Gasteiger charge is 2.51. The van der Waals surface area contributed by atoms with Crippen molar-refractivity contribution < 1.29 is 80.6 Å². The number of phenols is 9. The fourth-order valence-corrected chi connectivity index (χ4v) is 8.82. The zero-order chi connectivity index (χ0) is 43.2. The third-order valence-corrected chi connectivity index (χ3v) is 11.6. The Morgan fingerprint density at radius 3 is 1.11 bits per heavy atom. The molecule has 314 valence electrons. The summed E-state index contributed by atoms with van der Waals surface area (Å²) in [6.07, 6.45) is -11.2. The highest BCUT2D eigenvalue weighted by Crippen LogP contribution is 2.62. The highest BCUT2D eigenvalue weighted by atomic mass is 16.5. The van der Waals surface area contributed by atoms with E-state index < -0.39 is 94.8 Å². The van der Waals surface area contributed by atoms with Crippen molar-refractivity contribution in [3.63, 3.8) is 0 Å². The second kappa shape index (κ2) is 14.5. The molecular formula is C45H38O16. The van der Waals surface area contributed by atoms with Gasteiger partial charge in [0.15, 0.2) is 18.3 Å². The molecule has 61 heavy (non-hydrogen) atoms. The Bertz CT molecular complexity index is 2670. The maximum Gasteiger partial charge on any atom is 0.152 e. The molecule has 0 spiro atoms. The molecule has 0 radical (unpaired) electrons. The number of rotatable bonds is 5. The number of aliphatic hydroxyl groups excluding tert-OH is 4. The standard InChI is InChI=1S/C45H38O16/c46-20-7-1-17(2-8-20)41-38(56)35(30-24(50)13-23(49)14-29(30)59-41)31-25(51)15-26(52)32-36(39(57)42(60-44(31)32)18-3-9-21(47)10-4-18)33-27(53)16-28(54)34-37(55)40(58)43(61-45(33)34)19-5-11-22(48)12-6-19/h1-16,35-43,46-58H/t35-,36+,37-,38+,39-,40+,41+,42-,43+/m1/s1. The van der Waals surface area contributed by atoms with Crippen molar-refractivity contribution in [2.24, 2.45) is 0 Å². The van der Waals surface area contributed by atoms with E-state index in [0.717, 1.165) is 18.2 Å². The van der Waals surface area contributed by atoms with Crippen LogP contribution in [0.1, 0.15) is 80.8 Å². The molecule has 3 heterocycles. The summed E-state index contributed by atoms with van der Waals surface area (Å²) in [6, 6.07) is 20.5. The number of phenolic OH excluding ortho intramolecular Hbond substituents is 9. The van der Waals surface area contributed by atoms with E-state index in [1.54, 1.807) is 0 Å². The van der Waals surface area contributed by atoms with E-state index in [9.17, 15) is 66.4 Å². The topological polar surface area (TPSA) is 291 Å². The van der Waals surface area contributed by atoms with E-state index >= 15 is 0 Å². The number of aliphatic hydroxyl groups is 4. The zero-order valence-electron chi connectivity index (χ0n) is 31.5. The first-order chi connectivity index (χ1) is 29.1. The van der Waals surface area contributed by atoms with Gasteiger partial charge < -0.3 is 80.6 Å². The molecule has 13 N–H and O–H groups in total. The van der Waals surface area contributed by atoms with E-state index in [2.05, 4.69) is 0 Å². The molecule has 16 nitrogen and oxygen atoms in total. The Labute approximate surface area is 345 Å². The average Bonchev–Trinajstić information content (AvgIpc) is 3.21. The number of ether oxygens (including phenoxy) is 3. The normalized spacial score (nSPS) is 25.2. The highest BCUT2D eigenvalue weighted by molar-refractivity contribution is 5.70. The first-order valence-corrected chi connectivity index (χ1v) is 18.9. The fourth-order valence-electron chi connectivity index (χ4n) is 8.82. The lowest BCUT2D eigenvalue weighted by Gasteiger charge is -2.43. The Balaban J connectivity index is 1.31. The van der Waals surface area contributed by atoms with Crippen LogP contribution in [0.5, 0.6) is 69.0 Å². The number of benzene rings is 6. The molecule has 6 aromatic carbocycles. The summed E-state index contributed by atoms with van der Waals surface area (Å²) in [6.45, 7) is 0. The van der Waals surface area contributed by atoms with Crippen LogP contribution in [0.4, 0.5) is 0 Å². The van der Waals surface area contributed by atoms with Crippen molar-refractivity contribution in [1.29, 1.82) is 0 Å². The van der Waals surface area contributed by atoms with Crippen LogP contribution in [0.2, 0.25) is 0 Å². The van der Waals surface area contributed by atoms with Crippen LogP contribution >= 0.6 is 0 Å². The summed E-state index contributed by atoms with van der Waals surface area (Å²) in [5, 5.41) is 146. The minimum Gasteiger partial charge on any atom is -0.508 e. The summed E-state index contributed by atoms with van der Waals surface area (Å²) < 4.78 is 19.0. The van der Waals surface area contributed by atoms with Crippen molar-refractivity contribution in [2.45, 2.75) is 54.6 Å². The maximum atomic E-state index is 12.5. The largest absolute Gasteiger partial charge is 0.508 e. The Morgan fingerprint density at radius 2 is 0.672 bits per heavy atom. The smallest absolute Gasteiger partial charge is 0.152 e. The molecule has 0 unspecified atom stereocenters. The van der Waals surface area contributed by atoms with Crippen molar-refractivity contribution >= 4 is 0 Å². The van der Waals surface area contributed by atoms with Crippen molar-refractivity contribution in [3.8, 4) is 69.0 Å². The quantitative estimate of drug-likeness (QED) is 0.111. The molecule has 6 aromatic rings. The van der Waals surface area contributed by atoms with Gasteiger partial charge in [0.25, 0.3) is 0 Å². The third-order valence-electron chi connectivity index (χ3n) is 11.6. The first kappa shape index (κ1) is 39.2. The first-order valence-electron chi connectivity index (χ1n) is 18.9. The van der Waals surface area contributed by atoms with Crippen LogP contribution in [0.3, 0.4) is 0 Å². The van der Waals surface area contributed by atoms with Gasteiger partial charge in [-0.25, -0.2) is 0 Å². The van der Waals surface area contributed by atoms with Crippen molar-refractivity contribution in [2.75, 3.05) is 0 Å². The Morgan fingerprint density at radius 1 is 0.328 bits per heavy atom. The van der Waals surface area contributed by atoms with Crippen molar-refractivity contribution in [1.82, 2.24) is 0 Å². The second-order valence-corrected chi connectivity index (χ2v) is 15.3. The van der Waals surface area contributed by atoms with E-state index in [-0.39, 0.29) is 67.7 Å². The Kier molecular flexibility index (Phi) is 9.32. The molecule has 0 bridgehead atoms. The summed E-state index contributed by atoms with van der Waals surface area (Å²) in [4.78, 5) is 0. The molecule has 0 fully saturated rings. The number of hydrogen-bond donors (Lipinski definition) is 13. The lowest BCUT2D eigenvalue weighted by atomic mass is 9.73. The monoisotopic (exact) mass is 834 g/mol. The van der Waals surface area contributed by atoms with Crippen LogP contribution in [0, 0.1) is 0 Å². The van der Waals surface area contributed by atoms with Gasteiger partial charge in [-0.15, -0.1) is 0 Å². The van der Waals surface area contributed by atoms with Gasteiger partial charge in [-0.2, -0.15) is 0 Å². The predicted molar refractivity (Wildman–Crippen MR) is 210 cm³/mol. The second-order valence-electron chi connectivity index (χ2n) is 15.3. The zero-order valence-corrected chi connectivity index (χ0v) is 31.5. The van der Waals surface area contributed by atoms with Gasteiger partial charge in [0.1, 0.15) is 93.4 Å². The van der Waals surface area contributed by atoms with Crippen LogP contribution in [0.25, 0.3) is 0 Å². The van der Waals surface area contributed by atoms with Crippen LogP contribution in [-0.2, 0) is 0 Å². The number of fused-ring (bicyclic) bond motifs is 3. The summed E-state index contributed by atoms with van der Waals surface area (Å²) in [5.74, 6) is -8.18. The molecule has 0 saturated heterocycles. The summed E-state index contributed by atoms with van der Waals surface area (Å²) in [7, 11) is 0. The molecule has 16 heteroatoms. The van der Waals surface area contributed by atoms with Gasteiger partial charge in [0.05, 0.1) is 17.4 Å². The minimum absolute atomic E-state index is 0.0927. The van der Waals surface area contributed by atoms with Crippen molar-refractivity contribution in [3.05, 3.63) is 142 Å². The van der Waals surface area contributed by atoms with Gasteiger partial charge in [0, 0.05) is 46.5 Å². The van der Waals surface area contributed by atoms with Crippen LogP contribution in [-0.4, -0.2) is 84.7 Å². The van der Waals surface area contributed by atoms with Gasteiger partial charge in [0.2, 0.25) is 0 Å². The Hall–Kier alpha value is -7.24. The summed E-state index contributed by atoms with van der Waals surface area (Å²) >= 11 is 0. The molecule has 3 aliphatic rings. The van der Waals surface area contributed by atoms with Gasteiger partial charge >= 0.3 is 0 Å².